The maximum absolute atomic E-state index is 13.6. The molecule has 0 bridgehead atoms. The zero-order valence-corrected chi connectivity index (χ0v) is 22.7. The molecular formula is C30H33ClN2O5. The molecule has 0 heterocycles. The lowest BCUT2D eigenvalue weighted by molar-refractivity contribution is -0.143. The van der Waals surface area contributed by atoms with Crippen LogP contribution in [0.15, 0.2) is 60.7 Å². The summed E-state index contributed by atoms with van der Waals surface area (Å²) in [7, 11) is 1.65. The lowest BCUT2D eigenvalue weighted by atomic mass is 9.98. The molecule has 38 heavy (non-hydrogen) atoms. The number of benzene rings is 3. The van der Waals surface area contributed by atoms with Gasteiger partial charge in [0.05, 0.1) is 30.2 Å². The molecule has 3 rings (SSSR count). The third-order valence-electron chi connectivity index (χ3n) is 6.10. The van der Waals surface area contributed by atoms with Gasteiger partial charge in [0.25, 0.3) is 5.91 Å². The highest BCUT2D eigenvalue weighted by atomic mass is 35.5. The lowest BCUT2D eigenvalue weighted by Gasteiger charge is -2.22. The molecule has 0 saturated heterocycles. The Hall–Kier alpha value is -3.84. The Bertz CT molecular complexity index is 1280. The molecule has 2 amide bonds. The van der Waals surface area contributed by atoms with Crippen LogP contribution >= 0.6 is 11.6 Å². The first-order valence-corrected chi connectivity index (χ1v) is 13.0. The number of rotatable bonds is 13. The summed E-state index contributed by atoms with van der Waals surface area (Å²) in [4.78, 5) is 37.9. The van der Waals surface area contributed by atoms with Crippen LogP contribution in [0.3, 0.4) is 0 Å². The van der Waals surface area contributed by atoms with Crippen LogP contribution in [0, 0.1) is 6.92 Å². The summed E-state index contributed by atoms with van der Waals surface area (Å²) < 4.78 is 10.9. The third kappa shape index (κ3) is 7.59. The standard InChI is InChI=1S/C30H33ClN2O5/c1-4-37-29(35)12-6-5-9-17-38-28-19-23(31)14-16-27(28)33(3)30(36)25-15-13-22(18-26(25)32-20-34)24-11-8-7-10-21(24)2/h7-8,10-11,13-16,18-20H,4-6,9,12,17H2,1-3H3,(H,32,34). The Morgan fingerprint density at radius 2 is 1.82 bits per heavy atom. The molecule has 0 aliphatic heterocycles. The van der Waals surface area contributed by atoms with Gasteiger partial charge in [-0.05, 0) is 74.1 Å². The van der Waals surface area contributed by atoms with Crippen molar-refractivity contribution in [2.24, 2.45) is 0 Å². The minimum absolute atomic E-state index is 0.193. The first kappa shape index (κ1) is 28.7. The fourth-order valence-corrected chi connectivity index (χ4v) is 4.27. The highest BCUT2D eigenvalue weighted by Crippen LogP contribution is 2.34. The van der Waals surface area contributed by atoms with E-state index >= 15 is 0 Å². The number of halogens is 1. The Balaban J connectivity index is 1.75. The number of ether oxygens (including phenoxy) is 2. The molecular weight excluding hydrogens is 504 g/mol. The molecule has 1 N–H and O–H groups in total. The number of anilines is 2. The Labute approximate surface area is 228 Å². The van der Waals surface area contributed by atoms with Crippen LogP contribution in [0.4, 0.5) is 11.4 Å². The van der Waals surface area contributed by atoms with Crippen molar-refractivity contribution < 1.29 is 23.9 Å². The average molecular weight is 537 g/mol. The van der Waals surface area contributed by atoms with E-state index in [0.717, 1.165) is 29.5 Å². The molecule has 0 radical (unpaired) electrons. The second kappa shape index (κ2) is 14.2. The van der Waals surface area contributed by atoms with E-state index in [0.29, 0.717) is 60.2 Å². The van der Waals surface area contributed by atoms with Crippen LogP contribution in [0.2, 0.25) is 5.02 Å². The highest BCUT2D eigenvalue weighted by Gasteiger charge is 2.21. The van der Waals surface area contributed by atoms with E-state index in [2.05, 4.69) is 5.32 Å². The van der Waals surface area contributed by atoms with Crippen molar-refractivity contribution in [3.8, 4) is 16.9 Å². The van der Waals surface area contributed by atoms with Gasteiger partial charge in [-0.15, -0.1) is 0 Å². The number of nitrogens with one attached hydrogen (secondary N) is 1. The number of unbranched alkanes of at least 4 members (excludes halogenated alkanes) is 2. The topological polar surface area (TPSA) is 84.9 Å². The fraction of sp³-hybridized carbons (Fsp3) is 0.300. The molecule has 7 nitrogen and oxygen atoms in total. The van der Waals surface area contributed by atoms with E-state index in [4.69, 9.17) is 21.1 Å². The van der Waals surface area contributed by atoms with Gasteiger partial charge in [-0.25, -0.2) is 0 Å². The Morgan fingerprint density at radius 1 is 1.03 bits per heavy atom. The first-order chi connectivity index (χ1) is 18.3. The summed E-state index contributed by atoms with van der Waals surface area (Å²) in [5.74, 6) is -0.0338. The average Bonchev–Trinajstić information content (AvgIpc) is 2.90. The SMILES string of the molecule is CCOC(=O)CCCCCOc1cc(Cl)ccc1N(C)C(=O)c1ccc(-c2ccccc2C)cc1NC=O. The minimum atomic E-state index is -0.313. The number of nitrogens with zero attached hydrogens (tertiary/aromatic N) is 1. The van der Waals surface area contributed by atoms with E-state index in [1.54, 1.807) is 44.3 Å². The molecule has 0 atom stereocenters. The summed E-state index contributed by atoms with van der Waals surface area (Å²) in [6.45, 7) is 4.59. The van der Waals surface area contributed by atoms with Gasteiger partial charge in [0.2, 0.25) is 6.41 Å². The van der Waals surface area contributed by atoms with Gasteiger partial charge in [0, 0.05) is 24.6 Å². The summed E-state index contributed by atoms with van der Waals surface area (Å²) >= 11 is 6.22. The number of hydrogen-bond donors (Lipinski definition) is 1. The van der Waals surface area contributed by atoms with Gasteiger partial charge in [0.1, 0.15) is 5.75 Å². The van der Waals surface area contributed by atoms with Crippen molar-refractivity contribution >= 4 is 41.3 Å². The number of aryl methyl sites for hydroxylation is 1. The van der Waals surface area contributed by atoms with Crippen molar-refractivity contribution in [2.45, 2.75) is 39.5 Å². The molecule has 0 aliphatic rings. The first-order valence-electron chi connectivity index (χ1n) is 12.6. The molecule has 0 unspecified atom stereocenters. The molecule has 0 aromatic heterocycles. The summed E-state index contributed by atoms with van der Waals surface area (Å²) in [6, 6.07) is 18.4. The van der Waals surface area contributed by atoms with Gasteiger partial charge in [-0.1, -0.05) is 41.9 Å². The lowest BCUT2D eigenvalue weighted by Crippen LogP contribution is -2.27. The zero-order chi connectivity index (χ0) is 27.5. The van der Waals surface area contributed by atoms with Crippen LogP contribution in [0.25, 0.3) is 11.1 Å². The number of esters is 1. The Kier molecular flexibility index (Phi) is 10.7. The smallest absolute Gasteiger partial charge is 0.305 e. The van der Waals surface area contributed by atoms with Gasteiger partial charge >= 0.3 is 5.97 Å². The number of carbonyl (C=O) groups is 3. The van der Waals surface area contributed by atoms with E-state index in [1.165, 1.54) is 4.90 Å². The van der Waals surface area contributed by atoms with Gasteiger partial charge in [-0.2, -0.15) is 0 Å². The summed E-state index contributed by atoms with van der Waals surface area (Å²) in [5, 5.41) is 3.16. The van der Waals surface area contributed by atoms with Crippen LogP contribution in [-0.2, 0) is 14.3 Å². The minimum Gasteiger partial charge on any atom is -0.491 e. The third-order valence-corrected chi connectivity index (χ3v) is 6.33. The quantitative estimate of drug-likeness (QED) is 0.150. The van der Waals surface area contributed by atoms with Crippen molar-refractivity contribution in [1.29, 1.82) is 0 Å². The number of hydrogen-bond acceptors (Lipinski definition) is 5. The van der Waals surface area contributed by atoms with Crippen LogP contribution < -0.4 is 15.0 Å². The zero-order valence-electron chi connectivity index (χ0n) is 22.0. The monoisotopic (exact) mass is 536 g/mol. The van der Waals surface area contributed by atoms with E-state index < -0.39 is 0 Å². The molecule has 0 aliphatic carbocycles. The predicted molar refractivity (Wildman–Crippen MR) is 151 cm³/mol. The summed E-state index contributed by atoms with van der Waals surface area (Å²) in [5.41, 5.74) is 4.30. The normalized spacial score (nSPS) is 10.5. The van der Waals surface area contributed by atoms with Crippen LogP contribution in [0.1, 0.15) is 48.5 Å². The van der Waals surface area contributed by atoms with Gasteiger partial charge < -0.3 is 19.7 Å². The van der Waals surface area contributed by atoms with E-state index in [1.807, 2.05) is 37.3 Å². The predicted octanol–water partition coefficient (Wildman–Crippen LogP) is 6.66. The van der Waals surface area contributed by atoms with Crippen molar-refractivity contribution in [3.05, 3.63) is 76.8 Å². The largest absolute Gasteiger partial charge is 0.491 e. The molecule has 0 saturated carbocycles. The maximum Gasteiger partial charge on any atom is 0.305 e. The van der Waals surface area contributed by atoms with E-state index in [-0.39, 0.29) is 11.9 Å². The molecule has 3 aromatic carbocycles. The molecule has 200 valence electrons. The fourth-order valence-electron chi connectivity index (χ4n) is 4.11. The van der Waals surface area contributed by atoms with Crippen molar-refractivity contribution in [2.75, 3.05) is 30.5 Å². The highest BCUT2D eigenvalue weighted by molar-refractivity contribution is 6.31. The molecule has 0 fully saturated rings. The molecule has 8 heteroatoms. The van der Waals surface area contributed by atoms with Crippen molar-refractivity contribution in [1.82, 2.24) is 0 Å². The summed E-state index contributed by atoms with van der Waals surface area (Å²) in [6.07, 6.45) is 3.20. The molecule has 3 aromatic rings. The van der Waals surface area contributed by atoms with Crippen LogP contribution in [-0.4, -0.2) is 38.5 Å². The van der Waals surface area contributed by atoms with Crippen molar-refractivity contribution in [3.63, 3.8) is 0 Å². The molecule has 0 spiro atoms. The van der Waals surface area contributed by atoms with E-state index in [9.17, 15) is 14.4 Å². The maximum atomic E-state index is 13.6. The second-order valence-electron chi connectivity index (χ2n) is 8.78. The van der Waals surface area contributed by atoms with Gasteiger partial charge in [-0.3, -0.25) is 14.4 Å². The Morgan fingerprint density at radius 3 is 2.55 bits per heavy atom. The second-order valence-corrected chi connectivity index (χ2v) is 9.21. The van der Waals surface area contributed by atoms with Gasteiger partial charge in [0.15, 0.2) is 0 Å². The number of amides is 2. The van der Waals surface area contributed by atoms with Crippen LogP contribution in [0.5, 0.6) is 5.75 Å². The number of carbonyl (C=O) groups excluding carboxylic acids is 3.